The molecular formula is C20H23N3OS. The first-order chi connectivity index (χ1) is 12.2. The van der Waals surface area contributed by atoms with Crippen LogP contribution < -0.4 is 10.9 Å². The van der Waals surface area contributed by atoms with E-state index >= 15 is 0 Å². The highest BCUT2D eigenvalue weighted by molar-refractivity contribution is 7.17. The zero-order valence-corrected chi connectivity index (χ0v) is 15.4. The molecule has 0 aliphatic heterocycles. The van der Waals surface area contributed by atoms with Gasteiger partial charge in [-0.1, -0.05) is 25.5 Å². The average Bonchev–Trinajstić information content (AvgIpc) is 3.00. The fraction of sp³-hybridized carbons (Fsp3) is 0.400. The number of aryl methyl sites for hydroxylation is 3. The molecule has 1 aliphatic rings. The zero-order chi connectivity index (χ0) is 17.2. The van der Waals surface area contributed by atoms with Gasteiger partial charge in [-0.15, -0.1) is 11.3 Å². The Kier molecular flexibility index (Phi) is 4.57. The number of hydrogen-bond acceptors (Lipinski definition) is 4. The van der Waals surface area contributed by atoms with Gasteiger partial charge in [0, 0.05) is 22.3 Å². The summed E-state index contributed by atoms with van der Waals surface area (Å²) in [6.07, 6.45) is 6.74. The van der Waals surface area contributed by atoms with Crippen LogP contribution in [-0.2, 0) is 25.8 Å². The molecule has 2 aromatic heterocycles. The molecule has 1 N–H and O–H groups in total. The normalized spacial score (nSPS) is 13.8. The van der Waals surface area contributed by atoms with Crippen LogP contribution in [0, 0.1) is 0 Å². The third-order valence-corrected chi connectivity index (χ3v) is 5.92. The van der Waals surface area contributed by atoms with Crippen LogP contribution in [0.15, 0.2) is 35.1 Å². The first-order valence-corrected chi connectivity index (χ1v) is 9.92. The van der Waals surface area contributed by atoms with Crippen LogP contribution >= 0.6 is 11.3 Å². The van der Waals surface area contributed by atoms with Gasteiger partial charge in [0.05, 0.1) is 12.2 Å². The van der Waals surface area contributed by atoms with E-state index in [0.29, 0.717) is 6.54 Å². The number of anilines is 1. The quantitative estimate of drug-likeness (QED) is 0.748. The number of benzene rings is 1. The summed E-state index contributed by atoms with van der Waals surface area (Å²) >= 11 is 1.68. The maximum Gasteiger partial charge on any atom is 0.259 e. The number of thiazole rings is 1. The molecule has 0 bridgehead atoms. The third kappa shape index (κ3) is 3.33. The molecule has 4 rings (SSSR count). The van der Waals surface area contributed by atoms with Crippen LogP contribution in [0.4, 0.5) is 5.69 Å². The smallest absolute Gasteiger partial charge is 0.259 e. The van der Waals surface area contributed by atoms with E-state index in [1.807, 2.05) is 4.40 Å². The Bertz CT molecular complexity index is 940. The van der Waals surface area contributed by atoms with Crippen LogP contribution in [0.5, 0.6) is 0 Å². The molecule has 25 heavy (non-hydrogen) atoms. The maximum absolute atomic E-state index is 12.6. The number of aromatic nitrogens is 2. The Balaban J connectivity index is 1.54. The molecule has 0 atom stereocenters. The summed E-state index contributed by atoms with van der Waals surface area (Å²) in [7, 11) is 0. The van der Waals surface area contributed by atoms with E-state index in [1.165, 1.54) is 29.0 Å². The third-order valence-electron chi connectivity index (χ3n) is 4.78. The zero-order valence-electron chi connectivity index (χ0n) is 14.5. The van der Waals surface area contributed by atoms with Gasteiger partial charge >= 0.3 is 0 Å². The fourth-order valence-corrected chi connectivity index (χ4v) is 4.74. The minimum atomic E-state index is 0.0551. The summed E-state index contributed by atoms with van der Waals surface area (Å²) in [5, 5.41) is 3.38. The summed E-state index contributed by atoms with van der Waals surface area (Å²) in [5.41, 5.74) is 4.47. The maximum atomic E-state index is 12.6. The minimum absolute atomic E-state index is 0.0551. The second kappa shape index (κ2) is 7.00. The van der Waals surface area contributed by atoms with Gasteiger partial charge in [0.25, 0.3) is 5.56 Å². The monoisotopic (exact) mass is 353 g/mol. The molecule has 3 aromatic rings. The van der Waals surface area contributed by atoms with E-state index in [1.54, 1.807) is 17.4 Å². The molecule has 1 aromatic carbocycles. The van der Waals surface area contributed by atoms with E-state index in [2.05, 4.69) is 36.5 Å². The van der Waals surface area contributed by atoms with E-state index in [0.717, 1.165) is 42.0 Å². The second-order valence-electron chi connectivity index (χ2n) is 6.68. The van der Waals surface area contributed by atoms with Crippen LogP contribution in [0.3, 0.4) is 0 Å². The molecular weight excluding hydrogens is 330 g/mol. The van der Waals surface area contributed by atoms with Crippen molar-refractivity contribution in [3.05, 3.63) is 62.5 Å². The van der Waals surface area contributed by atoms with Crippen molar-refractivity contribution in [3.63, 3.8) is 0 Å². The average molecular weight is 353 g/mol. The van der Waals surface area contributed by atoms with E-state index < -0.39 is 0 Å². The Morgan fingerprint density at radius 3 is 2.80 bits per heavy atom. The molecule has 0 saturated heterocycles. The van der Waals surface area contributed by atoms with Gasteiger partial charge in [0.15, 0.2) is 4.96 Å². The Hall–Kier alpha value is -2.14. The molecule has 0 saturated carbocycles. The number of rotatable bonds is 5. The van der Waals surface area contributed by atoms with Crippen molar-refractivity contribution < 1.29 is 0 Å². The lowest BCUT2D eigenvalue weighted by atomic mass is 10.0. The van der Waals surface area contributed by atoms with Crippen LogP contribution in [0.1, 0.15) is 48.0 Å². The van der Waals surface area contributed by atoms with Crippen molar-refractivity contribution in [2.45, 2.75) is 52.0 Å². The minimum Gasteiger partial charge on any atom is -0.379 e. The Labute approximate surface area is 151 Å². The van der Waals surface area contributed by atoms with Crippen molar-refractivity contribution in [3.8, 4) is 0 Å². The molecule has 5 heteroatoms. The Morgan fingerprint density at radius 2 is 2.00 bits per heavy atom. The van der Waals surface area contributed by atoms with Crippen molar-refractivity contribution in [1.82, 2.24) is 9.38 Å². The van der Waals surface area contributed by atoms with Gasteiger partial charge in [0.1, 0.15) is 0 Å². The lowest BCUT2D eigenvalue weighted by Gasteiger charge is -2.10. The van der Waals surface area contributed by atoms with E-state index in [9.17, 15) is 4.79 Å². The predicted molar refractivity (Wildman–Crippen MR) is 104 cm³/mol. The van der Waals surface area contributed by atoms with Gasteiger partial charge < -0.3 is 5.32 Å². The molecule has 1 aliphatic carbocycles. The molecule has 0 unspecified atom stereocenters. The molecule has 4 nitrogen and oxygen atoms in total. The van der Waals surface area contributed by atoms with Gasteiger partial charge in [-0.25, -0.2) is 4.98 Å². The number of nitrogens with zero attached hydrogens (tertiary/aromatic N) is 2. The molecule has 0 fully saturated rings. The first-order valence-electron chi connectivity index (χ1n) is 9.10. The predicted octanol–water partition coefficient (Wildman–Crippen LogP) is 4.20. The van der Waals surface area contributed by atoms with Gasteiger partial charge in [0.2, 0.25) is 0 Å². The molecule has 0 spiro atoms. The van der Waals surface area contributed by atoms with Gasteiger partial charge in [-0.2, -0.15) is 0 Å². The second-order valence-corrected chi connectivity index (χ2v) is 7.75. The highest BCUT2D eigenvalue weighted by atomic mass is 32.1. The summed E-state index contributed by atoms with van der Waals surface area (Å²) in [6, 6.07) is 10.2. The molecule has 130 valence electrons. The topological polar surface area (TPSA) is 46.4 Å². The van der Waals surface area contributed by atoms with Crippen molar-refractivity contribution >= 4 is 22.0 Å². The van der Waals surface area contributed by atoms with Crippen molar-refractivity contribution in [2.24, 2.45) is 0 Å². The van der Waals surface area contributed by atoms with E-state index in [-0.39, 0.29) is 5.56 Å². The standard InChI is InChI=1S/C20H23N3OS/c1-2-5-14-8-10-15(11-9-14)21-13-16-12-19(24)23-17-6-3-4-7-18(17)25-20(23)22-16/h8-12,21H,2-7,13H2,1H3. The molecule has 2 heterocycles. The lowest BCUT2D eigenvalue weighted by molar-refractivity contribution is 0.670. The van der Waals surface area contributed by atoms with Gasteiger partial charge in [-0.05, 0) is 49.8 Å². The SMILES string of the molecule is CCCc1ccc(NCc2cc(=O)n3c4c(sc3n2)CCCC4)cc1. The summed E-state index contributed by atoms with van der Waals surface area (Å²) < 4.78 is 1.82. The largest absolute Gasteiger partial charge is 0.379 e. The summed E-state index contributed by atoms with van der Waals surface area (Å²) in [4.78, 5) is 19.5. The molecule has 0 radical (unpaired) electrons. The number of hydrogen-bond donors (Lipinski definition) is 1. The highest BCUT2D eigenvalue weighted by Crippen LogP contribution is 2.28. The highest BCUT2D eigenvalue weighted by Gasteiger charge is 2.18. The summed E-state index contributed by atoms with van der Waals surface area (Å²) in [6.45, 7) is 2.76. The molecule has 0 amide bonds. The van der Waals surface area contributed by atoms with E-state index in [4.69, 9.17) is 4.98 Å². The fourth-order valence-electron chi connectivity index (χ4n) is 3.50. The van der Waals surface area contributed by atoms with Gasteiger partial charge in [-0.3, -0.25) is 9.20 Å². The van der Waals surface area contributed by atoms with Crippen molar-refractivity contribution in [1.29, 1.82) is 0 Å². The Morgan fingerprint density at radius 1 is 1.20 bits per heavy atom. The number of fused-ring (bicyclic) bond motifs is 3. The van der Waals surface area contributed by atoms with Crippen LogP contribution in [0.25, 0.3) is 4.96 Å². The lowest BCUT2D eigenvalue weighted by Crippen LogP contribution is -2.18. The summed E-state index contributed by atoms with van der Waals surface area (Å²) in [5.74, 6) is 0. The van der Waals surface area contributed by atoms with Crippen LogP contribution in [0.2, 0.25) is 0 Å². The van der Waals surface area contributed by atoms with Crippen molar-refractivity contribution in [2.75, 3.05) is 5.32 Å². The number of nitrogens with one attached hydrogen (secondary N) is 1. The first kappa shape index (κ1) is 16.3. The van der Waals surface area contributed by atoms with Crippen LogP contribution in [-0.4, -0.2) is 9.38 Å².